The van der Waals surface area contributed by atoms with Crippen LogP contribution in [0.3, 0.4) is 0 Å². The SMILES string of the molecule is CC(C)OC1(C)CC(=O)C([Si](C(C)C)(C(C)C)C(C)C)=C1c1cccc2ccccc12. The number of allylic oxidation sites excluding steroid dienone is 1. The maximum atomic E-state index is 13.9. The molecule has 1 unspecified atom stereocenters. The van der Waals surface area contributed by atoms with E-state index < -0.39 is 13.7 Å². The number of benzene rings is 2. The molecule has 0 spiro atoms. The first-order valence-electron chi connectivity index (χ1n) is 11.9. The van der Waals surface area contributed by atoms with E-state index in [2.05, 4.69) is 105 Å². The molecule has 0 radical (unpaired) electrons. The van der Waals surface area contributed by atoms with E-state index in [4.69, 9.17) is 4.74 Å². The third-order valence-electron chi connectivity index (χ3n) is 7.41. The second kappa shape index (κ2) is 8.67. The van der Waals surface area contributed by atoms with E-state index >= 15 is 0 Å². The molecular weight excluding hydrogens is 396 g/mol. The van der Waals surface area contributed by atoms with Crippen LogP contribution < -0.4 is 0 Å². The number of ether oxygens (including phenoxy) is 1. The fraction of sp³-hybridized carbons (Fsp3) is 0.536. The molecule has 0 amide bonds. The molecular formula is C28H40O2Si. The summed E-state index contributed by atoms with van der Waals surface area (Å²) in [5.74, 6) is 0.314. The van der Waals surface area contributed by atoms with E-state index in [0.717, 1.165) is 5.20 Å². The van der Waals surface area contributed by atoms with E-state index in [1.54, 1.807) is 0 Å². The predicted molar refractivity (Wildman–Crippen MR) is 136 cm³/mol. The molecule has 0 saturated heterocycles. The Balaban J connectivity index is 2.50. The molecule has 31 heavy (non-hydrogen) atoms. The summed E-state index contributed by atoms with van der Waals surface area (Å²) in [7, 11) is -2.18. The second-order valence-corrected chi connectivity index (χ2v) is 16.5. The number of Topliss-reactive ketones (excluding diaryl/α,β-unsaturated/α-hetero) is 1. The van der Waals surface area contributed by atoms with Gasteiger partial charge in [0.05, 0.1) is 19.8 Å². The molecule has 168 valence electrons. The Kier molecular flexibility index (Phi) is 6.70. The smallest absolute Gasteiger partial charge is 0.158 e. The first-order valence-corrected chi connectivity index (χ1v) is 14.1. The van der Waals surface area contributed by atoms with E-state index in [-0.39, 0.29) is 6.10 Å². The van der Waals surface area contributed by atoms with Gasteiger partial charge in [-0.2, -0.15) is 0 Å². The van der Waals surface area contributed by atoms with Crippen LogP contribution in [0.1, 0.15) is 74.3 Å². The number of carbonyl (C=O) groups excluding carboxylic acids is 1. The summed E-state index contributed by atoms with van der Waals surface area (Å²) in [6, 6.07) is 15.0. The van der Waals surface area contributed by atoms with Crippen LogP contribution in [-0.4, -0.2) is 25.6 Å². The van der Waals surface area contributed by atoms with Gasteiger partial charge < -0.3 is 4.74 Å². The van der Waals surface area contributed by atoms with Crippen molar-refractivity contribution in [2.24, 2.45) is 0 Å². The van der Waals surface area contributed by atoms with Gasteiger partial charge >= 0.3 is 0 Å². The van der Waals surface area contributed by atoms with Crippen LogP contribution in [0.2, 0.25) is 16.6 Å². The molecule has 0 bridgehead atoms. The normalized spacial score (nSPS) is 20.4. The van der Waals surface area contributed by atoms with Crippen molar-refractivity contribution < 1.29 is 9.53 Å². The van der Waals surface area contributed by atoms with Gasteiger partial charge in [0.15, 0.2) is 5.78 Å². The van der Waals surface area contributed by atoms with Crippen LogP contribution in [0.4, 0.5) is 0 Å². The lowest BCUT2D eigenvalue weighted by Gasteiger charge is -2.45. The van der Waals surface area contributed by atoms with Crippen molar-refractivity contribution in [2.45, 2.75) is 97.1 Å². The van der Waals surface area contributed by atoms with Gasteiger partial charge in [-0.3, -0.25) is 4.79 Å². The first kappa shape index (κ1) is 23.9. The molecule has 0 saturated carbocycles. The third-order valence-corrected chi connectivity index (χ3v) is 14.5. The Morgan fingerprint density at radius 3 is 1.94 bits per heavy atom. The molecule has 0 aliphatic heterocycles. The molecule has 0 aromatic heterocycles. The Hall–Kier alpha value is -1.71. The molecule has 3 heteroatoms. The van der Waals surface area contributed by atoms with Crippen molar-refractivity contribution in [2.75, 3.05) is 0 Å². The summed E-state index contributed by atoms with van der Waals surface area (Å²) >= 11 is 0. The molecule has 0 fully saturated rings. The van der Waals surface area contributed by atoms with Crippen molar-refractivity contribution in [1.29, 1.82) is 0 Å². The summed E-state index contributed by atoms with van der Waals surface area (Å²) in [4.78, 5) is 13.9. The zero-order valence-corrected chi connectivity index (χ0v) is 21.9. The summed E-state index contributed by atoms with van der Waals surface area (Å²) in [5, 5.41) is 3.57. The van der Waals surface area contributed by atoms with Gasteiger partial charge in [0, 0.05) is 6.42 Å². The second-order valence-electron chi connectivity index (χ2n) is 10.7. The summed E-state index contributed by atoms with van der Waals surface area (Å²) < 4.78 is 6.59. The van der Waals surface area contributed by atoms with Gasteiger partial charge in [-0.25, -0.2) is 0 Å². The fourth-order valence-electron chi connectivity index (χ4n) is 6.69. The van der Waals surface area contributed by atoms with Gasteiger partial charge in [-0.1, -0.05) is 84.0 Å². The largest absolute Gasteiger partial charge is 0.367 e. The van der Waals surface area contributed by atoms with E-state index in [0.29, 0.717) is 28.8 Å². The number of hydrogen-bond donors (Lipinski definition) is 0. The Labute approximate surface area is 190 Å². The van der Waals surface area contributed by atoms with Crippen molar-refractivity contribution in [1.82, 2.24) is 0 Å². The van der Waals surface area contributed by atoms with Gasteiger partial charge in [-0.15, -0.1) is 0 Å². The van der Waals surface area contributed by atoms with Gasteiger partial charge in [-0.05, 0) is 64.5 Å². The van der Waals surface area contributed by atoms with Gasteiger partial charge in [0.25, 0.3) is 0 Å². The number of ketones is 1. The highest BCUT2D eigenvalue weighted by molar-refractivity contribution is 6.94. The predicted octanol–water partition coefficient (Wildman–Crippen LogP) is 7.97. The summed E-state index contributed by atoms with van der Waals surface area (Å²) in [5.41, 5.74) is 3.17. The number of hydrogen-bond acceptors (Lipinski definition) is 2. The highest BCUT2D eigenvalue weighted by Gasteiger charge is 2.56. The lowest BCUT2D eigenvalue weighted by atomic mass is 9.88. The lowest BCUT2D eigenvalue weighted by Crippen LogP contribution is -2.48. The molecule has 2 aromatic rings. The molecule has 1 aliphatic rings. The first-order chi connectivity index (χ1) is 14.5. The number of rotatable bonds is 7. The van der Waals surface area contributed by atoms with Crippen LogP contribution in [0, 0.1) is 0 Å². The van der Waals surface area contributed by atoms with Crippen molar-refractivity contribution in [3.63, 3.8) is 0 Å². The lowest BCUT2D eigenvalue weighted by molar-refractivity contribution is -0.118. The highest BCUT2D eigenvalue weighted by atomic mass is 28.3. The highest BCUT2D eigenvalue weighted by Crippen LogP contribution is 2.55. The maximum absolute atomic E-state index is 13.9. The minimum atomic E-state index is -2.18. The number of fused-ring (bicyclic) bond motifs is 1. The summed E-state index contributed by atoms with van der Waals surface area (Å²) in [6.45, 7) is 20.3. The molecule has 0 heterocycles. The van der Waals surface area contributed by atoms with Crippen molar-refractivity contribution in [3.05, 3.63) is 53.2 Å². The van der Waals surface area contributed by atoms with Crippen LogP contribution in [0.5, 0.6) is 0 Å². The minimum Gasteiger partial charge on any atom is -0.367 e. The van der Waals surface area contributed by atoms with Gasteiger partial charge in [0.1, 0.15) is 0 Å². The Morgan fingerprint density at radius 2 is 1.39 bits per heavy atom. The van der Waals surface area contributed by atoms with E-state index in [1.165, 1.54) is 21.9 Å². The van der Waals surface area contributed by atoms with Crippen molar-refractivity contribution >= 4 is 30.2 Å². The minimum absolute atomic E-state index is 0.0512. The van der Waals surface area contributed by atoms with Crippen molar-refractivity contribution in [3.8, 4) is 0 Å². The number of carbonyl (C=O) groups is 1. The Morgan fingerprint density at radius 1 is 0.839 bits per heavy atom. The quantitative estimate of drug-likeness (QED) is 0.411. The van der Waals surface area contributed by atoms with Crippen LogP contribution in [-0.2, 0) is 9.53 Å². The summed E-state index contributed by atoms with van der Waals surface area (Å²) in [6.07, 6.45) is 0.496. The monoisotopic (exact) mass is 436 g/mol. The molecule has 2 aromatic carbocycles. The molecule has 2 nitrogen and oxygen atoms in total. The maximum Gasteiger partial charge on any atom is 0.158 e. The standard InChI is InChI=1S/C28H40O2Si/c1-18(2)30-28(9)17-25(29)27(31(19(3)4,20(5)6)21(7)8)26(28)24-16-12-14-22-13-10-11-15-23(22)24/h10-16,18-21H,17H2,1-9H3. The Bertz CT molecular complexity index is 972. The third kappa shape index (κ3) is 3.85. The zero-order valence-electron chi connectivity index (χ0n) is 20.9. The average molecular weight is 437 g/mol. The zero-order chi connectivity index (χ0) is 23.1. The molecule has 0 N–H and O–H groups in total. The van der Waals surface area contributed by atoms with Crippen LogP contribution in [0.25, 0.3) is 16.3 Å². The molecule has 1 aliphatic carbocycles. The van der Waals surface area contributed by atoms with Gasteiger partial charge in [0.2, 0.25) is 0 Å². The van der Waals surface area contributed by atoms with E-state index in [1.807, 2.05) is 0 Å². The molecule has 1 atom stereocenters. The average Bonchev–Trinajstić information content (AvgIpc) is 2.90. The van der Waals surface area contributed by atoms with Crippen LogP contribution in [0.15, 0.2) is 47.7 Å². The molecule has 3 rings (SSSR count). The van der Waals surface area contributed by atoms with Crippen LogP contribution >= 0.6 is 0 Å². The van der Waals surface area contributed by atoms with E-state index in [9.17, 15) is 4.79 Å². The fourth-order valence-corrected chi connectivity index (χ4v) is 13.8. The topological polar surface area (TPSA) is 26.3 Å².